The second kappa shape index (κ2) is 8.39. The zero-order valence-electron chi connectivity index (χ0n) is 14.4. The van der Waals surface area contributed by atoms with Crippen molar-refractivity contribution >= 4 is 17.7 Å². The fourth-order valence-electron chi connectivity index (χ4n) is 4.23. The molecule has 1 amide bonds. The smallest absolute Gasteiger partial charge is 0.250 e. The predicted octanol–water partition coefficient (Wildman–Crippen LogP) is 3.72. The number of fused-ring (bicyclic) bond motifs is 1. The van der Waals surface area contributed by atoms with Crippen molar-refractivity contribution in [1.29, 1.82) is 0 Å². The SMILES string of the molecule is C/C(=C\SCC1=CCNCC1)C(=O)N1CCCC2CCCCC21. The van der Waals surface area contributed by atoms with Gasteiger partial charge in [0.05, 0.1) is 0 Å². The summed E-state index contributed by atoms with van der Waals surface area (Å²) < 4.78 is 0. The van der Waals surface area contributed by atoms with Crippen LogP contribution in [0.15, 0.2) is 22.6 Å². The molecule has 0 spiro atoms. The number of nitrogens with one attached hydrogen (secondary N) is 1. The number of hydrogen-bond acceptors (Lipinski definition) is 3. The number of likely N-dealkylation sites (tertiary alicyclic amines) is 1. The Morgan fingerprint density at radius 2 is 2.17 bits per heavy atom. The van der Waals surface area contributed by atoms with Crippen molar-refractivity contribution in [3.8, 4) is 0 Å². The Bertz CT molecular complexity index is 484. The summed E-state index contributed by atoms with van der Waals surface area (Å²) in [6.07, 6.45) is 11.1. The highest BCUT2D eigenvalue weighted by Gasteiger charge is 2.35. The van der Waals surface area contributed by atoms with Crippen LogP contribution in [0.4, 0.5) is 0 Å². The maximum atomic E-state index is 12.9. The molecule has 0 aromatic carbocycles. The summed E-state index contributed by atoms with van der Waals surface area (Å²) in [5, 5.41) is 5.43. The molecule has 23 heavy (non-hydrogen) atoms. The Hall–Kier alpha value is -0.740. The Labute approximate surface area is 145 Å². The third-order valence-corrected chi connectivity index (χ3v) is 6.59. The lowest BCUT2D eigenvalue weighted by Crippen LogP contribution is -2.49. The van der Waals surface area contributed by atoms with Crippen LogP contribution in [0, 0.1) is 5.92 Å². The highest BCUT2D eigenvalue weighted by molar-refractivity contribution is 8.02. The molecule has 0 radical (unpaired) electrons. The number of carbonyl (C=O) groups excluding carboxylic acids is 1. The first-order chi connectivity index (χ1) is 11.3. The van der Waals surface area contributed by atoms with Gasteiger partial charge in [-0.05, 0) is 56.9 Å². The molecule has 4 heteroatoms. The van der Waals surface area contributed by atoms with E-state index in [4.69, 9.17) is 0 Å². The van der Waals surface area contributed by atoms with Crippen molar-refractivity contribution in [3.05, 3.63) is 22.6 Å². The summed E-state index contributed by atoms with van der Waals surface area (Å²) in [7, 11) is 0. The molecule has 0 aromatic heterocycles. The van der Waals surface area contributed by atoms with E-state index >= 15 is 0 Å². The van der Waals surface area contributed by atoms with Gasteiger partial charge in [0.1, 0.15) is 0 Å². The quantitative estimate of drug-likeness (QED) is 0.628. The maximum Gasteiger partial charge on any atom is 0.250 e. The Balaban J connectivity index is 1.55. The summed E-state index contributed by atoms with van der Waals surface area (Å²) >= 11 is 1.78. The lowest BCUT2D eigenvalue weighted by atomic mass is 9.78. The van der Waals surface area contributed by atoms with E-state index in [1.807, 2.05) is 6.92 Å². The molecule has 1 N–H and O–H groups in total. The van der Waals surface area contributed by atoms with Crippen molar-refractivity contribution in [1.82, 2.24) is 10.2 Å². The van der Waals surface area contributed by atoms with E-state index in [1.165, 1.54) is 44.1 Å². The molecule has 1 saturated carbocycles. The molecular formula is C19H30N2OS. The first-order valence-electron chi connectivity index (χ1n) is 9.23. The highest BCUT2D eigenvalue weighted by atomic mass is 32.2. The van der Waals surface area contributed by atoms with Gasteiger partial charge in [0, 0.05) is 30.5 Å². The molecule has 2 atom stereocenters. The van der Waals surface area contributed by atoms with Gasteiger partial charge in [0.2, 0.25) is 5.91 Å². The van der Waals surface area contributed by atoms with Crippen molar-refractivity contribution < 1.29 is 4.79 Å². The molecule has 2 aliphatic heterocycles. The minimum absolute atomic E-state index is 0.286. The van der Waals surface area contributed by atoms with Crippen molar-refractivity contribution in [2.75, 3.05) is 25.4 Å². The molecule has 3 nitrogen and oxygen atoms in total. The van der Waals surface area contributed by atoms with Crippen LogP contribution in [-0.4, -0.2) is 42.2 Å². The number of hydrogen-bond donors (Lipinski definition) is 1. The van der Waals surface area contributed by atoms with Gasteiger partial charge in [-0.25, -0.2) is 0 Å². The fourth-order valence-corrected chi connectivity index (χ4v) is 5.14. The summed E-state index contributed by atoms with van der Waals surface area (Å²) in [5.74, 6) is 2.08. The molecule has 3 rings (SSSR count). The molecular weight excluding hydrogens is 304 g/mol. The predicted molar refractivity (Wildman–Crippen MR) is 98.5 cm³/mol. The average molecular weight is 335 g/mol. The van der Waals surface area contributed by atoms with Crippen LogP contribution >= 0.6 is 11.8 Å². The van der Waals surface area contributed by atoms with Crippen LogP contribution in [0.3, 0.4) is 0 Å². The van der Waals surface area contributed by atoms with E-state index in [0.717, 1.165) is 43.3 Å². The summed E-state index contributed by atoms with van der Waals surface area (Å²) in [4.78, 5) is 15.1. The molecule has 3 aliphatic rings. The number of amides is 1. The van der Waals surface area contributed by atoms with Crippen molar-refractivity contribution in [3.63, 3.8) is 0 Å². The largest absolute Gasteiger partial charge is 0.336 e. The zero-order valence-corrected chi connectivity index (χ0v) is 15.2. The summed E-state index contributed by atoms with van der Waals surface area (Å²) in [6.45, 7) is 5.05. The summed E-state index contributed by atoms with van der Waals surface area (Å²) in [5.41, 5.74) is 2.44. The van der Waals surface area contributed by atoms with Gasteiger partial charge in [0.25, 0.3) is 0 Å². The lowest BCUT2D eigenvalue weighted by Gasteiger charge is -2.44. The zero-order chi connectivity index (χ0) is 16.1. The van der Waals surface area contributed by atoms with Gasteiger partial charge >= 0.3 is 0 Å². The Kier molecular flexibility index (Phi) is 6.23. The maximum absolute atomic E-state index is 12.9. The molecule has 0 bridgehead atoms. The second-order valence-corrected chi connectivity index (χ2v) is 8.04. The van der Waals surface area contributed by atoms with E-state index in [-0.39, 0.29) is 5.91 Å². The molecule has 2 heterocycles. The van der Waals surface area contributed by atoms with E-state index in [9.17, 15) is 4.79 Å². The number of rotatable bonds is 4. The Morgan fingerprint density at radius 3 is 3.00 bits per heavy atom. The van der Waals surface area contributed by atoms with Gasteiger partial charge in [-0.15, -0.1) is 11.8 Å². The van der Waals surface area contributed by atoms with Gasteiger partial charge in [-0.2, -0.15) is 0 Å². The van der Waals surface area contributed by atoms with E-state index in [2.05, 4.69) is 21.7 Å². The summed E-state index contributed by atoms with van der Waals surface area (Å²) in [6, 6.07) is 0.519. The van der Waals surface area contributed by atoms with Crippen LogP contribution in [0.2, 0.25) is 0 Å². The number of nitrogens with zero attached hydrogens (tertiary/aromatic N) is 1. The minimum Gasteiger partial charge on any atom is -0.336 e. The molecule has 128 valence electrons. The van der Waals surface area contributed by atoms with E-state index in [1.54, 1.807) is 11.8 Å². The first-order valence-corrected chi connectivity index (χ1v) is 10.3. The van der Waals surface area contributed by atoms with Crippen LogP contribution in [0.1, 0.15) is 51.9 Å². The lowest BCUT2D eigenvalue weighted by molar-refractivity contribution is -0.133. The molecule has 2 fully saturated rings. The standard InChI is InChI=1S/C19H30N2OS/c1-15(13-23-14-16-8-10-20-11-9-16)19(22)21-12-4-6-17-5-2-3-7-18(17)21/h8,13,17-18,20H,2-7,9-12,14H2,1H3/b15-13+. The number of carbonyl (C=O) groups is 1. The second-order valence-electron chi connectivity index (χ2n) is 7.18. The first kappa shape index (κ1) is 17.1. The topological polar surface area (TPSA) is 32.3 Å². The van der Waals surface area contributed by atoms with E-state index in [0.29, 0.717) is 6.04 Å². The molecule has 2 unspecified atom stereocenters. The minimum atomic E-state index is 0.286. The molecule has 1 saturated heterocycles. The molecule has 1 aliphatic carbocycles. The molecule has 0 aromatic rings. The normalized spacial score (nSPS) is 29.0. The number of thioether (sulfide) groups is 1. The average Bonchev–Trinajstić information content (AvgIpc) is 2.61. The Morgan fingerprint density at radius 1 is 1.35 bits per heavy atom. The monoisotopic (exact) mass is 334 g/mol. The van der Waals surface area contributed by atoms with Gasteiger partial charge in [0.15, 0.2) is 0 Å². The van der Waals surface area contributed by atoms with Crippen LogP contribution in [0.5, 0.6) is 0 Å². The van der Waals surface area contributed by atoms with Gasteiger partial charge in [-0.1, -0.05) is 24.5 Å². The van der Waals surface area contributed by atoms with Gasteiger partial charge < -0.3 is 10.2 Å². The van der Waals surface area contributed by atoms with Crippen LogP contribution in [-0.2, 0) is 4.79 Å². The fraction of sp³-hybridized carbons (Fsp3) is 0.737. The van der Waals surface area contributed by atoms with E-state index < -0.39 is 0 Å². The van der Waals surface area contributed by atoms with Crippen molar-refractivity contribution in [2.24, 2.45) is 5.92 Å². The highest BCUT2D eigenvalue weighted by Crippen LogP contribution is 2.36. The number of piperidine rings is 1. The van der Waals surface area contributed by atoms with Gasteiger partial charge in [-0.3, -0.25) is 4.79 Å². The third kappa shape index (κ3) is 4.42. The van der Waals surface area contributed by atoms with Crippen LogP contribution in [0.25, 0.3) is 0 Å². The van der Waals surface area contributed by atoms with Crippen LogP contribution < -0.4 is 5.32 Å². The van der Waals surface area contributed by atoms with Crippen molar-refractivity contribution in [2.45, 2.75) is 57.9 Å². The third-order valence-electron chi connectivity index (χ3n) is 5.53.